The molecule has 0 saturated carbocycles. The molecule has 0 spiro atoms. The third-order valence-electron chi connectivity index (χ3n) is 3.63. The van der Waals surface area contributed by atoms with Gasteiger partial charge < -0.3 is 5.32 Å². The minimum absolute atomic E-state index is 0.136. The van der Waals surface area contributed by atoms with Crippen LogP contribution in [0.1, 0.15) is 35.6 Å². The summed E-state index contributed by atoms with van der Waals surface area (Å²) in [7, 11) is 0. The smallest absolute Gasteiger partial charge is 0.261 e. The maximum Gasteiger partial charge on any atom is 0.261 e. The predicted octanol–water partition coefficient (Wildman–Crippen LogP) is 2.64. The molecule has 0 aliphatic rings. The molecule has 138 valence electrons. The minimum atomic E-state index is -0.753. The van der Waals surface area contributed by atoms with Crippen LogP contribution in [-0.2, 0) is 4.79 Å². The van der Waals surface area contributed by atoms with Crippen LogP contribution in [0.4, 0.5) is 5.95 Å². The van der Waals surface area contributed by atoms with Gasteiger partial charge in [-0.25, -0.2) is 9.97 Å². The highest BCUT2D eigenvalue weighted by Crippen LogP contribution is 2.15. The van der Waals surface area contributed by atoms with Gasteiger partial charge in [-0.1, -0.05) is 37.6 Å². The predicted molar refractivity (Wildman–Crippen MR) is 101 cm³/mol. The lowest BCUT2D eigenvalue weighted by Crippen LogP contribution is -2.51. The molecule has 0 radical (unpaired) electrons. The number of rotatable bonds is 6. The fourth-order valence-electron chi connectivity index (χ4n) is 2.38. The lowest BCUT2D eigenvalue weighted by atomic mass is 10.0. The number of aryl methyl sites for hydroxylation is 2. The molecule has 2 rings (SSSR count). The molecular weight excluding hydrogens is 354 g/mol. The van der Waals surface area contributed by atoms with E-state index in [2.05, 4.69) is 26.1 Å². The average molecular weight is 376 g/mol. The number of anilines is 1. The van der Waals surface area contributed by atoms with Crippen molar-refractivity contribution in [2.24, 2.45) is 5.92 Å². The van der Waals surface area contributed by atoms with Crippen LogP contribution in [0.2, 0.25) is 5.02 Å². The van der Waals surface area contributed by atoms with Crippen LogP contribution >= 0.6 is 11.6 Å². The molecule has 1 unspecified atom stereocenters. The Morgan fingerprint density at radius 1 is 1.08 bits per heavy atom. The van der Waals surface area contributed by atoms with Crippen molar-refractivity contribution in [3.63, 3.8) is 0 Å². The summed E-state index contributed by atoms with van der Waals surface area (Å²) in [6.45, 7) is 7.35. The fraction of sp³-hybridized carbons (Fsp3) is 0.333. The number of hydrogen-bond acceptors (Lipinski definition) is 5. The topological polar surface area (TPSA) is 96.0 Å². The van der Waals surface area contributed by atoms with Crippen molar-refractivity contribution < 1.29 is 9.59 Å². The molecule has 0 aliphatic carbocycles. The number of nitrogens with one attached hydrogen (secondary N) is 3. The van der Waals surface area contributed by atoms with Crippen LogP contribution in [0, 0.1) is 19.8 Å². The number of nitrogens with zero attached hydrogens (tertiary/aromatic N) is 2. The maximum atomic E-state index is 12.5. The fourth-order valence-corrected chi connectivity index (χ4v) is 2.60. The first-order valence-electron chi connectivity index (χ1n) is 8.21. The number of halogens is 1. The highest BCUT2D eigenvalue weighted by Gasteiger charge is 2.25. The number of aromatic nitrogens is 2. The Hall–Kier alpha value is -2.67. The summed E-state index contributed by atoms with van der Waals surface area (Å²) in [5, 5.41) is 3.04. The molecule has 1 aromatic carbocycles. The van der Waals surface area contributed by atoms with E-state index in [0.29, 0.717) is 10.6 Å². The minimum Gasteiger partial charge on any atom is -0.340 e. The van der Waals surface area contributed by atoms with Crippen LogP contribution in [0.15, 0.2) is 30.3 Å². The Morgan fingerprint density at radius 2 is 1.69 bits per heavy atom. The van der Waals surface area contributed by atoms with E-state index < -0.39 is 17.9 Å². The number of carbonyl (C=O) groups is 2. The number of amides is 2. The van der Waals surface area contributed by atoms with Gasteiger partial charge in [0.1, 0.15) is 6.04 Å². The molecule has 1 heterocycles. The van der Waals surface area contributed by atoms with E-state index in [0.717, 1.165) is 11.4 Å². The van der Waals surface area contributed by atoms with E-state index in [9.17, 15) is 9.59 Å². The van der Waals surface area contributed by atoms with Crippen molar-refractivity contribution in [1.29, 1.82) is 0 Å². The summed E-state index contributed by atoms with van der Waals surface area (Å²) >= 11 is 6.04. The Kier molecular flexibility index (Phi) is 6.52. The molecule has 0 aliphatic heterocycles. The normalized spacial score (nSPS) is 11.8. The zero-order valence-corrected chi connectivity index (χ0v) is 15.9. The van der Waals surface area contributed by atoms with Gasteiger partial charge in [0.05, 0.1) is 10.6 Å². The monoisotopic (exact) mass is 375 g/mol. The maximum absolute atomic E-state index is 12.5. The van der Waals surface area contributed by atoms with E-state index in [1.165, 1.54) is 0 Å². The second-order valence-electron chi connectivity index (χ2n) is 6.26. The first kappa shape index (κ1) is 19.7. The van der Waals surface area contributed by atoms with E-state index in [1.807, 2.05) is 33.8 Å². The largest absolute Gasteiger partial charge is 0.340 e. The third-order valence-corrected chi connectivity index (χ3v) is 3.96. The summed E-state index contributed by atoms with van der Waals surface area (Å²) in [5.74, 6) is -0.658. The summed E-state index contributed by atoms with van der Waals surface area (Å²) < 4.78 is 0. The Labute approximate surface area is 157 Å². The van der Waals surface area contributed by atoms with Crippen molar-refractivity contribution in [3.05, 3.63) is 52.3 Å². The number of carbonyl (C=O) groups excluding carboxylic acids is 2. The number of benzene rings is 1. The van der Waals surface area contributed by atoms with Crippen molar-refractivity contribution in [3.8, 4) is 0 Å². The molecular formula is C18H22ClN5O2. The first-order chi connectivity index (χ1) is 12.3. The van der Waals surface area contributed by atoms with Gasteiger partial charge in [0.15, 0.2) is 0 Å². The van der Waals surface area contributed by atoms with Gasteiger partial charge in [0.25, 0.3) is 11.8 Å². The quantitative estimate of drug-likeness (QED) is 0.674. The molecule has 0 saturated heterocycles. The van der Waals surface area contributed by atoms with Crippen LogP contribution in [0.25, 0.3) is 0 Å². The molecule has 0 fully saturated rings. The van der Waals surface area contributed by atoms with E-state index in [-0.39, 0.29) is 11.9 Å². The van der Waals surface area contributed by atoms with Crippen LogP contribution < -0.4 is 16.2 Å². The summed E-state index contributed by atoms with van der Waals surface area (Å²) in [4.78, 5) is 33.3. The van der Waals surface area contributed by atoms with Gasteiger partial charge in [-0.05, 0) is 38.0 Å². The lowest BCUT2D eigenvalue weighted by Gasteiger charge is -2.22. The van der Waals surface area contributed by atoms with Gasteiger partial charge in [-0.2, -0.15) is 0 Å². The van der Waals surface area contributed by atoms with Crippen molar-refractivity contribution >= 4 is 29.4 Å². The lowest BCUT2D eigenvalue weighted by molar-refractivity contribution is -0.123. The van der Waals surface area contributed by atoms with Crippen LogP contribution in [0.5, 0.6) is 0 Å². The average Bonchev–Trinajstić information content (AvgIpc) is 2.56. The van der Waals surface area contributed by atoms with Crippen LogP contribution in [0.3, 0.4) is 0 Å². The molecule has 8 heteroatoms. The molecule has 2 aromatic rings. The molecule has 26 heavy (non-hydrogen) atoms. The molecule has 1 atom stereocenters. The summed E-state index contributed by atoms with van der Waals surface area (Å²) in [5.41, 5.74) is 7.11. The first-order valence-corrected chi connectivity index (χ1v) is 8.59. The Bertz CT molecular complexity index is 790. The van der Waals surface area contributed by atoms with Crippen molar-refractivity contribution in [1.82, 2.24) is 20.7 Å². The number of hydrazine groups is 1. The number of hydrogen-bond donors (Lipinski definition) is 3. The molecule has 3 N–H and O–H groups in total. The van der Waals surface area contributed by atoms with Crippen LogP contribution in [-0.4, -0.2) is 27.8 Å². The third kappa shape index (κ3) is 5.16. The van der Waals surface area contributed by atoms with Gasteiger partial charge >= 0.3 is 0 Å². The Morgan fingerprint density at radius 3 is 2.27 bits per heavy atom. The summed E-state index contributed by atoms with van der Waals surface area (Å²) in [6.07, 6.45) is 0. The Balaban J connectivity index is 2.05. The standard InChI is InChI=1S/C18H22ClN5O2/c1-10(2)15(22-16(25)13-7-5-6-8-14(13)19)17(26)23-24-18-20-11(3)9-12(4)21-18/h5-10,15H,1-4H3,(H,22,25)(H,23,26)(H,20,21,24). The van der Waals surface area contributed by atoms with Gasteiger partial charge in [0.2, 0.25) is 5.95 Å². The van der Waals surface area contributed by atoms with Crippen molar-refractivity contribution in [2.75, 3.05) is 5.43 Å². The zero-order valence-electron chi connectivity index (χ0n) is 15.1. The van der Waals surface area contributed by atoms with Gasteiger partial charge in [-0.15, -0.1) is 0 Å². The van der Waals surface area contributed by atoms with E-state index in [1.54, 1.807) is 24.3 Å². The molecule has 2 amide bonds. The molecule has 0 bridgehead atoms. The second-order valence-corrected chi connectivity index (χ2v) is 6.67. The van der Waals surface area contributed by atoms with Gasteiger partial charge in [0, 0.05) is 11.4 Å². The molecule has 1 aromatic heterocycles. The highest BCUT2D eigenvalue weighted by atomic mass is 35.5. The SMILES string of the molecule is Cc1cc(C)nc(NNC(=O)C(NC(=O)c2ccccc2Cl)C(C)C)n1. The highest BCUT2D eigenvalue weighted by molar-refractivity contribution is 6.33. The van der Waals surface area contributed by atoms with Crippen molar-refractivity contribution in [2.45, 2.75) is 33.7 Å². The second kappa shape index (κ2) is 8.62. The molecule has 7 nitrogen and oxygen atoms in total. The van der Waals surface area contributed by atoms with E-state index in [4.69, 9.17) is 11.6 Å². The van der Waals surface area contributed by atoms with Gasteiger partial charge in [-0.3, -0.25) is 20.4 Å². The zero-order chi connectivity index (χ0) is 19.3. The van der Waals surface area contributed by atoms with E-state index >= 15 is 0 Å². The summed E-state index contributed by atoms with van der Waals surface area (Å²) in [6, 6.07) is 7.75.